The maximum atomic E-state index is 13.1. The molecule has 3 aromatic carbocycles. The van der Waals surface area contributed by atoms with Gasteiger partial charge in [0.25, 0.3) is 0 Å². The van der Waals surface area contributed by atoms with Crippen molar-refractivity contribution in [1.29, 1.82) is 0 Å². The van der Waals surface area contributed by atoms with Crippen LogP contribution in [0.25, 0.3) is 0 Å². The Hall–Kier alpha value is -3.14. The number of rotatable bonds is 7. The summed E-state index contributed by atoms with van der Waals surface area (Å²) in [4.78, 5) is 12.6. The largest absolute Gasteiger partial charge is 0.497 e. The van der Waals surface area contributed by atoms with Gasteiger partial charge in [-0.2, -0.15) is 0 Å². The highest BCUT2D eigenvalue weighted by molar-refractivity contribution is 5.96. The third-order valence-electron chi connectivity index (χ3n) is 4.19. The van der Waals surface area contributed by atoms with Crippen molar-refractivity contribution in [1.82, 2.24) is 0 Å². The van der Waals surface area contributed by atoms with Gasteiger partial charge in [0.05, 0.1) is 13.2 Å². The second kappa shape index (κ2) is 8.30. The Morgan fingerprint density at radius 2 is 1.62 bits per heavy atom. The average molecular weight is 349 g/mol. The monoisotopic (exact) mass is 349 g/mol. The Bertz CT molecular complexity index is 846. The van der Waals surface area contributed by atoms with E-state index in [2.05, 4.69) is 5.32 Å². The highest BCUT2D eigenvalue weighted by Crippen LogP contribution is 2.25. The molecular weight excluding hydrogens is 329 g/mol. The molecule has 0 saturated carbocycles. The van der Waals surface area contributed by atoms with Crippen LogP contribution < -0.4 is 10.1 Å². The molecule has 0 heterocycles. The number of carbonyl (C=O) groups is 1. The van der Waals surface area contributed by atoms with Crippen molar-refractivity contribution < 1.29 is 13.9 Å². The van der Waals surface area contributed by atoms with Crippen molar-refractivity contribution in [2.24, 2.45) is 0 Å². The Morgan fingerprint density at radius 3 is 2.23 bits per heavy atom. The second-order valence-corrected chi connectivity index (χ2v) is 5.97. The first-order chi connectivity index (χ1) is 12.7. The summed E-state index contributed by atoms with van der Waals surface area (Å²) in [6.07, 6.45) is 0.266. The molecule has 0 radical (unpaired) electrons. The fourth-order valence-corrected chi connectivity index (χ4v) is 2.77. The fourth-order valence-electron chi connectivity index (χ4n) is 2.77. The molecule has 1 N–H and O–H groups in total. The minimum Gasteiger partial charge on any atom is -0.497 e. The molecule has 26 heavy (non-hydrogen) atoms. The van der Waals surface area contributed by atoms with Crippen molar-refractivity contribution in [3.05, 3.63) is 95.8 Å². The third kappa shape index (κ3) is 4.48. The molecule has 0 spiro atoms. The molecule has 0 aliphatic carbocycles. The number of methoxy groups -OCH3 is 1. The molecule has 3 rings (SSSR count). The molecule has 0 saturated heterocycles. The normalized spacial score (nSPS) is 11.6. The standard InChI is InChI=1S/C22H20FNO2/c1-26-20-13-11-19(12-14-20)24-21(16-5-3-2-4-6-16)15-22(25)17-7-9-18(23)10-8-17/h2-14,21,24H,15H2,1H3/t21-/m0/s1. The number of nitrogens with one attached hydrogen (secondary N) is 1. The van der Waals surface area contributed by atoms with Crippen LogP contribution >= 0.6 is 0 Å². The number of benzene rings is 3. The van der Waals surface area contributed by atoms with Crippen molar-refractivity contribution in [2.45, 2.75) is 12.5 Å². The molecule has 3 aromatic rings. The minimum absolute atomic E-state index is 0.0418. The highest BCUT2D eigenvalue weighted by atomic mass is 19.1. The lowest BCUT2D eigenvalue weighted by Gasteiger charge is -2.20. The predicted molar refractivity (Wildman–Crippen MR) is 101 cm³/mol. The Kier molecular flexibility index (Phi) is 5.64. The molecule has 0 aliphatic heterocycles. The number of halogens is 1. The SMILES string of the molecule is COc1ccc(N[C@@H](CC(=O)c2ccc(F)cc2)c2ccccc2)cc1. The van der Waals surface area contributed by atoms with E-state index < -0.39 is 0 Å². The van der Waals surface area contributed by atoms with E-state index in [0.29, 0.717) is 5.56 Å². The molecule has 0 fully saturated rings. The van der Waals surface area contributed by atoms with Gasteiger partial charge in [0, 0.05) is 17.7 Å². The van der Waals surface area contributed by atoms with E-state index in [9.17, 15) is 9.18 Å². The average Bonchev–Trinajstić information content (AvgIpc) is 2.69. The predicted octanol–water partition coefficient (Wildman–Crippen LogP) is 5.26. The van der Waals surface area contributed by atoms with Gasteiger partial charge < -0.3 is 10.1 Å². The highest BCUT2D eigenvalue weighted by Gasteiger charge is 2.17. The minimum atomic E-state index is -0.350. The lowest BCUT2D eigenvalue weighted by Crippen LogP contribution is -2.15. The molecule has 0 aliphatic rings. The Balaban J connectivity index is 1.81. The van der Waals surface area contributed by atoms with Gasteiger partial charge in [-0.05, 0) is 54.1 Å². The summed E-state index contributed by atoms with van der Waals surface area (Å²) in [6.45, 7) is 0. The Labute approximate surface area is 152 Å². The molecule has 0 amide bonds. The number of ether oxygens (including phenoxy) is 1. The van der Waals surface area contributed by atoms with Crippen LogP contribution in [0.1, 0.15) is 28.4 Å². The first-order valence-electron chi connectivity index (χ1n) is 8.40. The Morgan fingerprint density at radius 1 is 0.962 bits per heavy atom. The molecule has 1 atom stereocenters. The summed E-state index contributed by atoms with van der Waals surface area (Å²) in [7, 11) is 1.62. The maximum absolute atomic E-state index is 13.1. The van der Waals surface area contributed by atoms with E-state index in [4.69, 9.17) is 4.74 Å². The van der Waals surface area contributed by atoms with Crippen molar-refractivity contribution in [3.63, 3.8) is 0 Å². The fraction of sp³-hybridized carbons (Fsp3) is 0.136. The van der Waals surface area contributed by atoms with E-state index in [1.54, 1.807) is 7.11 Å². The molecule has 132 valence electrons. The number of anilines is 1. The molecule has 0 bridgehead atoms. The zero-order valence-corrected chi connectivity index (χ0v) is 14.5. The van der Waals surface area contributed by atoms with Crippen LogP contribution in [0.15, 0.2) is 78.9 Å². The van der Waals surface area contributed by atoms with E-state index in [0.717, 1.165) is 17.0 Å². The van der Waals surface area contributed by atoms with Crippen LogP contribution in [0.3, 0.4) is 0 Å². The van der Waals surface area contributed by atoms with Crippen molar-refractivity contribution in [2.75, 3.05) is 12.4 Å². The summed E-state index contributed by atoms with van der Waals surface area (Å²) in [5.74, 6) is 0.381. The zero-order chi connectivity index (χ0) is 18.4. The quantitative estimate of drug-likeness (QED) is 0.591. The van der Waals surface area contributed by atoms with Crippen LogP contribution in [0, 0.1) is 5.82 Å². The lowest BCUT2D eigenvalue weighted by atomic mass is 9.97. The van der Waals surface area contributed by atoms with Crippen molar-refractivity contribution >= 4 is 11.5 Å². The summed E-state index contributed by atoms with van der Waals surface area (Å²) < 4.78 is 18.3. The van der Waals surface area contributed by atoms with E-state index in [1.807, 2.05) is 54.6 Å². The smallest absolute Gasteiger partial charge is 0.165 e. The van der Waals surface area contributed by atoms with Gasteiger partial charge in [0.15, 0.2) is 5.78 Å². The summed E-state index contributed by atoms with van der Waals surface area (Å²) in [5.41, 5.74) is 2.41. The first-order valence-corrected chi connectivity index (χ1v) is 8.40. The molecule has 3 nitrogen and oxygen atoms in total. The molecule has 0 aromatic heterocycles. The van der Waals surface area contributed by atoms with Crippen LogP contribution in [0.4, 0.5) is 10.1 Å². The van der Waals surface area contributed by atoms with Gasteiger partial charge in [0.2, 0.25) is 0 Å². The number of carbonyl (C=O) groups excluding carboxylic acids is 1. The first kappa shape index (κ1) is 17.7. The number of ketones is 1. The summed E-state index contributed by atoms with van der Waals surface area (Å²) in [6, 6.07) is 22.8. The second-order valence-electron chi connectivity index (χ2n) is 5.97. The van der Waals surface area contributed by atoms with Gasteiger partial charge >= 0.3 is 0 Å². The number of hydrogen-bond acceptors (Lipinski definition) is 3. The van der Waals surface area contributed by atoms with Crippen LogP contribution in [-0.4, -0.2) is 12.9 Å². The lowest BCUT2D eigenvalue weighted by molar-refractivity contribution is 0.0976. The molecule has 4 heteroatoms. The van der Waals surface area contributed by atoms with E-state index >= 15 is 0 Å². The van der Waals surface area contributed by atoms with E-state index in [1.165, 1.54) is 24.3 Å². The van der Waals surface area contributed by atoms with Gasteiger partial charge in [-0.3, -0.25) is 4.79 Å². The van der Waals surface area contributed by atoms with Gasteiger partial charge in [-0.1, -0.05) is 30.3 Å². The van der Waals surface area contributed by atoms with Gasteiger partial charge in [-0.25, -0.2) is 4.39 Å². The van der Waals surface area contributed by atoms with Gasteiger partial charge in [-0.15, -0.1) is 0 Å². The van der Waals surface area contributed by atoms with Crippen LogP contribution in [0.5, 0.6) is 5.75 Å². The summed E-state index contributed by atoms with van der Waals surface area (Å²) in [5, 5.41) is 3.41. The van der Waals surface area contributed by atoms with Crippen LogP contribution in [-0.2, 0) is 0 Å². The number of Topliss-reactive ketones (excluding diaryl/α,β-unsaturated/α-hetero) is 1. The number of hydrogen-bond donors (Lipinski definition) is 1. The third-order valence-corrected chi connectivity index (χ3v) is 4.19. The maximum Gasteiger partial charge on any atom is 0.165 e. The summed E-state index contributed by atoms with van der Waals surface area (Å²) >= 11 is 0. The zero-order valence-electron chi connectivity index (χ0n) is 14.5. The van der Waals surface area contributed by atoms with Crippen LogP contribution in [0.2, 0.25) is 0 Å². The molecule has 0 unspecified atom stereocenters. The van der Waals surface area contributed by atoms with Gasteiger partial charge in [0.1, 0.15) is 11.6 Å². The molecular formula is C22H20FNO2. The van der Waals surface area contributed by atoms with E-state index in [-0.39, 0.29) is 24.1 Å². The topological polar surface area (TPSA) is 38.3 Å². The van der Waals surface area contributed by atoms with Crippen molar-refractivity contribution in [3.8, 4) is 5.75 Å².